The summed E-state index contributed by atoms with van der Waals surface area (Å²) in [6, 6.07) is 2.52. The highest BCUT2D eigenvalue weighted by molar-refractivity contribution is 5.80. The number of aliphatic imine (C=N–C) groups is 1. The van der Waals surface area contributed by atoms with Gasteiger partial charge in [0.2, 0.25) is 0 Å². The van der Waals surface area contributed by atoms with Gasteiger partial charge >= 0.3 is 0 Å². The van der Waals surface area contributed by atoms with Crippen LogP contribution in [0, 0.1) is 5.92 Å². The van der Waals surface area contributed by atoms with Crippen LogP contribution in [-0.2, 0) is 6.54 Å². The van der Waals surface area contributed by atoms with Crippen LogP contribution in [-0.4, -0.2) is 48.2 Å². The van der Waals surface area contributed by atoms with Crippen molar-refractivity contribution < 1.29 is 4.52 Å². The van der Waals surface area contributed by atoms with E-state index in [1.807, 2.05) is 6.07 Å². The molecule has 0 amide bonds. The molecule has 0 atom stereocenters. The topological polar surface area (TPSA) is 65.7 Å². The minimum atomic E-state index is 0.381. The molecular weight excluding hydrogens is 350 g/mol. The average Bonchev–Trinajstić information content (AvgIpc) is 3.18. The molecule has 6 nitrogen and oxygen atoms in total. The van der Waals surface area contributed by atoms with E-state index in [2.05, 4.69) is 41.5 Å². The lowest BCUT2D eigenvalue weighted by Crippen LogP contribution is -2.49. The van der Waals surface area contributed by atoms with Crippen molar-refractivity contribution in [1.29, 1.82) is 0 Å². The van der Waals surface area contributed by atoms with Gasteiger partial charge in [0, 0.05) is 38.3 Å². The molecule has 1 aliphatic heterocycles. The minimum Gasteiger partial charge on any atom is -0.359 e. The zero-order valence-electron chi connectivity index (χ0n) is 18.0. The van der Waals surface area contributed by atoms with Gasteiger partial charge in [-0.2, -0.15) is 0 Å². The number of hydrogen-bond donors (Lipinski definition) is 2. The molecule has 0 unspecified atom stereocenters. The number of guanidine groups is 1. The van der Waals surface area contributed by atoms with E-state index in [9.17, 15) is 0 Å². The molecule has 158 valence electrons. The van der Waals surface area contributed by atoms with Gasteiger partial charge in [-0.1, -0.05) is 38.3 Å². The van der Waals surface area contributed by atoms with Crippen LogP contribution in [0.5, 0.6) is 0 Å². The molecule has 28 heavy (non-hydrogen) atoms. The van der Waals surface area contributed by atoms with E-state index < -0.39 is 0 Å². The number of nitrogens with one attached hydrogen (secondary N) is 2. The predicted molar refractivity (Wildman–Crippen MR) is 115 cm³/mol. The summed E-state index contributed by atoms with van der Waals surface area (Å²) in [5, 5.41) is 11.1. The second-order valence-corrected chi connectivity index (χ2v) is 8.79. The van der Waals surface area contributed by atoms with E-state index >= 15 is 0 Å². The van der Waals surface area contributed by atoms with E-state index in [0.29, 0.717) is 18.5 Å². The molecule has 6 heteroatoms. The van der Waals surface area contributed by atoms with Crippen molar-refractivity contribution in [3.8, 4) is 0 Å². The lowest BCUT2D eigenvalue weighted by Gasteiger charge is -2.36. The molecule has 1 aromatic rings. The van der Waals surface area contributed by atoms with Gasteiger partial charge < -0.3 is 20.1 Å². The summed E-state index contributed by atoms with van der Waals surface area (Å²) in [5.74, 6) is 3.03. The Balaban J connectivity index is 1.44. The summed E-state index contributed by atoms with van der Waals surface area (Å²) in [5.41, 5.74) is 0.994. The van der Waals surface area contributed by atoms with Crippen molar-refractivity contribution in [3.63, 3.8) is 0 Å². The third-order valence-corrected chi connectivity index (χ3v) is 6.08. The van der Waals surface area contributed by atoms with E-state index in [0.717, 1.165) is 29.9 Å². The maximum Gasteiger partial charge on any atom is 0.191 e. The Bertz CT molecular complexity index is 598. The normalized spacial score (nSPS) is 20.6. The fourth-order valence-electron chi connectivity index (χ4n) is 4.34. The van der Waals surface area contributed by atoms with Crippen LogP contribution in [0.25, 0.3) is 0 Å². The minimum absolute atomic E-state index is 0.381. The van der Waals surface area contributed by atoms with Crippen molar-refractivity contribution >= 4 is 5.96 Å². The molecule has 1 aromatic heterocycles. The molecule has 2 aliphatic rings. The molecule has 0 spiro atoms. The summed E-state index contributed by atoms with van der Waals surface area (Å²) < 4.78 is 5.41. The second-order valence-electron chi connectivity index (χ2n) is 8.79. The summed E-state index contributed by atoms with van der Waals surface area (Å²) in [6.07, 6.45) is 9.59. The van der Waals surface area contributed by atoms with Crippen LogP contribution >= 0.6 is 0 Å². The number of rotatable bonds is 7. The van der Waals surface area contributed by atoms with Crippen molar-refractivity contribution in [3.05, 3.63) is 17.5 Å². The van der Waals surface area contributed by atoms with E-state index in [1.54, 1.807) is 0 Å². The monoisotopic (exact) mass is 389 g/mol. The molecule has 1 aliphatic carbocycles. The van der Waals surface area contributed by atoms with E-state index in [1.165, 1.54) is 64.6 Å². The molecule has 1 saturated carbocycles. The highest BCUT2D eigenvalue weighted by Gasteiger charge is 2.23. The molecular formula is C22H39N5O. The molecule has 2 fully saturated rings. The van der Waals surface area contributed by atoms with Gasteiger partial charge in [0.05, 0.1) is 5.69 Å². The molecule has 2 heterocycles. The second kappa shape index (κ2) is 10.8. The Labute approximate surface area is 170 Å². The van der Waals surface area contributed by atoms with Crippen molar-refractivity contribution in [2.24, 2.45) is 10.9 Å². The Kier molecular flexibility index (Phi) is 8.19. The lowest BCUT2D eigenvalue weighted by atomic mass is 9.88. The summed E-state index contributed by atoms with van der Waals surface area (Å²) in [7, 11) is 0. The maximum atomic E-state index is 5.41. The Hall–Kier alpha value is -1.56. The van der Waals surface area contributed by atoms with Crippen molar-refractivity contribution in [2.75, 3.05) is 26.2 Å². The zero-order valence-corrected chi connectivity index (χ0v) is 18.0. The van der Waals surface area contributed by atoms with Crippen LogP contribution < -0.4 is 10.6 Å². The van der Waals surface area contributed by atoms with Crippen molar-refractivity contribution in [2.45, 2.75) is 84.2 Å². The standard InChI is InChI=1S/C22H39N5O/c1-4-23-22(24-15-20-14-21(17(2)3)26-28-20)25-19-10-12-27(13-11-19)16-18-8-6-5-7-9-18/h14,17-19H,4-13,15-16H2,1-3H3,(H2,23,24,25). The largest absolute Gasteiger partial charge is 0.359 e. The highest BCUT2D eigenvalue weighted by atomic mass is 16.5. The van der Waals surface area contributed by atoms with E-state index in [4.69, 9.17) is 9.52 Å². The first-order valence-electron chi connectivity index (χ1n) is 11.4. The Morgan fingerprint density at radius 3 is 2.61 bits per heavy atom. The first kappa shape index (κ1) is 21.2. The maximum absolute atomic E-state index is 5.41. The van der Waals surface area contributed by atoms with Crippen molar-refractivity contribution in [1.82, 2.24) is 20.7 Å². The van der Waals surface area contributed by atoms with Gasteiger partial charge in [0.15, 0.2) is 11.7 Å². The molecule has 0 bridgehead atoms. The highest BCUT2D eigenvalue weighted by Crippen LogP contribution is 2.25. The SMILES string of the molecule is CCNC(=NCc1cc(C(C)C)no1)NC1CCN(CC2CCCCC2)CC1. The molecule has 3 rings (SSSR count). The molecule has 0 radical (unpaired) electrons. The summed E-state index contributed by atoms with van der Waals surface area (Å²) >= 11 is 0. The van der Waals surface area contributed by atoms with Gasteiger partial charge in [-0.15, -0.1) is 0 Å². The van der Waals surface area contributed by atoms with Gasteiger partial charge in [0.1, 0.15) is 6.54 Å². The average molecular weight is 390 g/mol. The van der Waals surface area contributed by atoms with Crippen LogP contribution in [0.15, 0.2) is 15.6 Å². The fraction of sp³-hybridized carbons (Fsp3) is 0.818. The zero-order chi connectivity index (χ0) is 19.8. The van der Waals surface area contributed by atoms with Gasteiger partial charge in [-0.3, -0.25) is 0 Å². The first-order chi connectivity index (χ1) is 13.6. The Morgan fingerprint density at radius 1 is 1.21 bits per heavy atom. The first-order valence-corrected chi connectivity index (χ1v) is 11.4. The van der Waals surface area contributed by atoms with Gasteiger partial charge in [-0.05, 0) is 44.4 Å². The number of likely N-dealkylation sites (tertiary alicyclic amines) is 1. The molecule has 2 N–H and O–H groups in total. The number of hydrogen-bond acceptors (Lipinski definition) is 4. The Morgan fingerprint density at radius 2 is 1.96 bits per heavy atom. The van der Waals surface area contributed by atoms with Gasteiger partial charge in [-0.25, -0.2) is 4.99 Å². The van der Waals surface area contributed by atoms with Crippen LogP contribution in [0.3, 0.4) is 0 Å². The lowest BCUT2D eigenvalue weighted by molar-refractivity contribution is 0.160. The number of nitrogens with zero attached hydrogens (tertiary/aromatic N) is 3. The number of piperidine rings is 1. The fourth-order valence-corrected chi connectivity index (χ4v) is 4.34. The van der Waals surface area contributed by atoms with E-state index in [-0.39, 0.29) is 0 Å². The molecule has 0 aromatic carbocycles. The smallest absolute Gasteiger partial charge is 0.191 e. The number of aromatic nitrogens is 1. The summed E-state index contributed by atoms with van der Waals surface area (Å²) in [6.45, 7) is 11.4. The third kappa shape index (κ3) is 6.50. The predicted octanol–water partition coefficient (Wildman–Crippen LogP) is 3.90. The van der Waals surface area contributed by atoms with Crippen LogP contribution in [0.2, 0.25) is 0 Å². The van der Waals surface area contributed by atoms with Crippen LogP contribution in [0.1, 0.15) is 83.1 Å². The van der Waals surface area contributed by atoms with Gasteiger partial charge in [0.25, 0.3) is 0 Å². The quantitative estimate of drug-likeness (QED) is 0.547. The third-order valence-electron chi connectivity index (χ3n) is 6.08. The van der Waals surface area contributed by atoms with Crippen LogP contribution in [0.4, 0.5) is 0 Å². The summed E-state index contributed by atoms with van der Waals surface area (Å²) in [4.78, 5) is 7.39. The molecule has 1 saturated heterocycles.